The van der Waals surface area contributed by atoms with E-state index in [4.69, 9.17) is 9.05 Å². The van der Waals surface area contributed by atoms with Gasteiger partial charge in [-0.1, -0.05) is 45.4 Å². The average Bonchev–Trinajstić information content (AvgIpc) is 2.80. The quantitative estimate of drug-likeness (QED) is 0.108. The second-order valence-electron chi connectivity index (χ2n) is 8.79. The maximum Gasteiger partial charge on any atom is 0.472 e. The van der Waals surface area contributed by atoms with Crippen LogP contribution in [0.2, 0.25) is 0 Å². The van der Waals surface area contributed by atoms with E-state index in [0.717, 1.165) is 45.1 Å². The van der Waals surface area contributed by atoms with Gasteiger partial charge < -0.3 is 15.1 Å². The molecular weight excluding hydrogens is 491 g/mol. The van der Waals surface area contributed by atoms with E-state index in [9.17, 15) is 14.3 Å². The number of nitrogens with zero attached hydrogens (tertiary/aromatic N) is 1. The molecule has 2 atom stereocenters. The Kier molecular flexibility index (Phi) is 23.8. The molecule has 0 saturated heterocycles. The Morgan fingerprint density at radius 3 is 2.38 bits per heavy atom. The maximum atomic E-state index is 12.0. The molecule has 0 radical (unpaired) electrons. The van der Waals surface area contributed by atoms with Crippen LogP contribution in [0.15, 0.2) is 0 Å². The van der Waals surface area contributed by atoms with E-state index < -0.39 is 7.82 Å². The molecule has 34 heavy (non-hydrogen) atoms. The van der Waals surface area contributed by atoms with Crippen LogP contribution >= 0.6 is 31.3 Å². The zero-order chi connectivity index (χ0) is 25.5. The van der Waals surface area contributed by atoms with Crippen molar-refractivity contribution in [3.8, 4) is 0 Å². The maximum absolute atomic E-state index is 12.0. The Morgan fingerprint density at radius 2 is 1.68 bits per heavy atom. The predicted molar refractivity (Wildman–Crippen MR) is 149 cm³/mol. The number of amides is 1. The van der Waals surface area contributed by atoms with Gasteiger partial charge in [0.1, 0.15) is 0 Å². The number of carbonyl (C=O) groups excluding carboxylic acids is 1. The van der Waals surface area contributed by atoms with Gasteiger partial charge in [-0.15, -0.1) is 0 Å². The van der Waals surface area contributed by atoms with Gasteiger partial charge in [-0.3, -0.25) is 13.8 Å². The van der Waals surface area contributed by atoms with Crippen molar-refractivity contribution in [2.24, 2.45) is 0 Å². The number of likely N-dealkylation sites (N-methyl/N-ethyl adjacent to an activating group) is 1. The molecule has 0 aromatic rings. The number of unbranched alkanes of at least 4 members (excludes halogenated alkanes) is 6. The lowest BCUT2D eigenvalue weighted by Crippen LogP contribution is -2.29. The minimum Gasteiger partial charge on any atom is -0.356 e. The van der Waals surface area contributed by atoms with Gasteiger partial charge in [-0.2, -0.15) is 23.5 Å². The molecule has 2 unspecified atom stereocenters. The molecule has 0 heterocycles. The van der Waals surface area contributed by atoms with Crippen molar-refractivity contribution in [2.45, 2.75) is 89.2 Å². The summed E-state index contributed by atoms with van der Waals surface area (Å²) in [4.78, 5) is 23.8. The minimum atomic E-state index is -3.97. The third kappa shape index (κ3) is 22.7. The van der Waals surface area contributed by atoms with Crippen LogP contribution in [0.5, 0.6) is 0 Å². The monoisotopic (exact) mass is 542 g/mol. The Hall–Kier alpha value is 0.240. The lowest BCUT2D eigenvalue weighted by Gasteiger charge is -2.18. The second-order valence-corrected chi connectivity index (χ2v) is 12.4. The Morgan fingerprint density at radius 1 is 0.971 bits per heavy atom. The molecule has 1 amide bonds. The Labute approximate surface area is 217 Å². The van der Waals surface area contributed by atoms with Gasteiger partial charge in [0, 0.05) is 24.8 Å². The third-order valence-corrected chi connectivity index (χ3v) is 8.48. The molecule has 0 aliphatic heterocycles. The summed E-state index contributed by atoms with van der Waals surface area (Å²) in [5.74, 6) is 1.33. The van der Waals surface area contributed by atoms with Crippen LogP contribution in [0.25, 0.3) is 0 Å². The number of nitrogens with one attached hydrogen (secondary N) is 1. The molecule has 204 valence electrons. The summed E-state index contributed by atoms with van der Waals surface area (Å²) in [6.45, 7) is 4.53. The fraction of sp³-hybridized carbons (Fsp3) is 0.958. The van der Waals surface area contributed by atoms with E-state index in [-0.39, 0.29) is 19.1 Å². The molecule has 0 aromatic heterocycles. The number of carbonyl (C=O) groups is 1. The third-order valence-electron chi connectivity index (χ3n) is 5.68. The first-order valence-electron chi connectivity index (χ1n) is 12.9. The van der Waals surface area contributed by atoms with Gasteiger partial charge in [0.2, 0.25) is 5.91 Å². The van der Waals surface area contributed by atoms with Crippen LogP contribution in [0.3, 0.4) is 0 Å². The van der Waals surface area contributed by atoms with E-state index in [1.807, 2.05) is 35.5 Å². The summed E-state index contributed by atoms with van der Waals surface area (Å²) in [7, 11) is -2.03. The molecule has 0 aliphatic carbocycles. The van der Waals surface area contributed by atoms with Crippen molar-refractivity contribution >= 4 is 37.3 Å². The van der Waals surface area contributed by atoms with Crippen molar-refractivity contribution in [2.75, 3.05) is 58.2 Å². The van der Waals surface area contributed by atoms with Crippen LogP contribution in [-0.4, -0.2) is 79.1 Å². The molecular formula is C24H51N2O5PS2. The summed E-state index contributed by atoms with van der Waals surface area (Å²) in [5.41, 5.74) is 0. The smallest absolute Gasteiger partial charge is 0.356 e. The summed E-state index contributed by atoms with van der Waals surface area (Å²) in [5, 5.41) is 3.70. The van der Waals surface area contributed by atoms with Crippen molar-refractivity contribution < 1.29 is 23.3 Å². The number of phosphoric acid groups is 1. The van der Waals surface area contributed by atoms with E-state index in [1.165, 1.54) is 37.9 Å². The van der Waals surface area contributed by atoms with Gasteiger partial charge in [0.15, 0.2) is 0 Å². The molecule has 2 N–H and O–H groups in total. The van der Waals surface area contributed by atoms with Gasteiger partial charge in [-0.05, 0) is 64.0 Å². The highest BCUT2D eigenvalue weighted by atomic mass is 32.2. The summed E-state index contributed by atoms with van der Waals surface area (Å²) in [6, 6.07) is 0. The average molecular weight is 543 g/mol. The molecule has 0 aliphatic rings. The van der Waals surface area contributed by atoms with Crippen molar-refractivity contribution in [1.82, 2.24) is 10.2 Å². The molecule has 0 saturated carbocycles. The fourth-order valence-corrected chi connectivity index (χ4v) is 5.65. The Balaban J connectivity index is 3.67. The lowest BCUT2D eigenvalue weighted by molar-refractivity contribution is -0.121. The van der Waals surface area contributed by atoms with Crippen LogP contribution in [0.4, 0.5) is 0 Å². The standard InChI is InChI=1S/C24H51N2O5PS2/c1-5-6-7-8-9-12-20-30-32(28,29)31-21-19-26(2)18-13-17-25-24(27)15-11-10-14-23(34-4)16-22-33-3/h23H,5-22H2,1-4H3,(H,25,27)(H,28,29). The summed E-state index contributed by atoms with van der Waals surface area (Å²) < 4.78 is 22.0. The molecule has 0 fully saturated rings. The van der Waals surface area contributed by atoms with E-state index in [2.05, 4.69) is 24.8 Å². The van der Waals surface area contributed by atoms with Crippen LogP contribution in [0, 0.1) is 0 Å². The van der Waals surface area contributed by atoms with Crippen LogP contribution < -0.4 is 5.32 Å². The van der Waals surface area contributed by atoms with Gasteiger partial charge in [0.25, 0.3) is 0 Å². The first-order chi connectivity index (χ1) is 16.3. The summed E-state index contributed by atoms with van der Waals surface area (Å²) in [6.07, 6.45) is 16.8. The van der Waals surface area contributed by atoms with E-state index in [0.29, 0.717) is 24.8 Å². The van der Waals surface area contributed by atoms with Gasteiger partial charge >= 0.3 is 7.82 Å². The highest BCUT2D eigenvalue weighted by Gasteiger charge is 2.20. The number of hydrogen-bond donors (Lipinski definition) is 2. The van der Waals surface area contributed by atoms with Gasteiger partial charge in [0.05, 0.1) is 13.2 Å². The first-order valence-corrected chi connectivity index (χ1v) is 17.1. The molecule has 0 rings (SSSR count). The van der Waals surface area contributed by atoms with E-state index in [1.54, 1.807) is 0 Å². The fourth-order valence-electron chi connectivity index (χ4n) is 3.48. The summed E-state index contributed by atoms with van der Waals surface area (Å²) >= 11 is 3.83. The molecule has 0 bridgehead atoms. The second kappa shape index (κ2) is 23.6. The zero-order valence-corrected chi connectivity index (χ0v) is 24.6. The largest absolute Gasteiger partial charge is 0.472 e. The van der Waals surface area contributed by atoms with Crippen molar-refractivity contribution in [3.05, 3.63) is 0 Å². The lowest BCUT2D eigenvalue weighted by atomic mass is 10.1. The number of phosphoric ester groups is 1. The molecule has 0 spiro atoms. The number of rotatable bonds is 25. The van der Waals surface area contributed by atoms with Crippen LogP contribution in [-0.2, 0) is 18.4 Å². The normalized spacial score (nSPS) is 14.3. The topological polar surface area (TPSA) is 88.1 Å². The number of hydrogen-bond acceptors (Lipinski definition) is 7. The highest BCUT2D eigenvalue weighted by molar-refractivity contribution is 7.99. The number of thioether (sulfide) groups is 2. The molecule has 7 nitrogen and oxygen atoms in total. The van der Waals surface area contributed by atoms with E-state index >= 15 is 0 Å². The highest BCUT2D eigenvalue weighted by Crippen LogP contribution is 2.43. The first kappa shape index (κ1) is 34.2. The van der Waals surface area contributed by atoms with Gasteiger partial charge in [-0.25, -0.2) is 4.57 Å². The minimum absolute atomic E-state index is 0.125. The SMILES string of the molecule is CCCCCCCCOP(=O)(O)OCCN(C)CCCNC(=O)CCCCC(CCSC)SC. The van der Waals surface area contributed by atoms with Crippen LogP contribution in [0.1, 0.15) is 84.0 Å². The Bertz CT molecular complexity index is 532. The van der Waals surface area contributed by atoms with Crippen molar-refractivity contribution in [3.63, 3.8) is 0 Å². The molecule has 10 heteroatoms. The zero-order valence-electron chi connectivity index (χ0n) is 22.1. The predicted octanol–water partition coefficient (Wildman–Crippen LogP) is 5.96. The van der Waals surface area contributed by atoms with Crippen molar-refractivity contribution in [1.29, 1.82) is 0 Å². The molecule has 0 aromatic carbocycles.